The quantitative estimate of drug-likeness (QED) is 0.757. The van der Waals surface area contributed by atoms with Crippen molar-refractivity contribution >= 4 is 11.8 Å². The third kappa shape index (κ3) is 3.63. The monoisotopic (exact) mass is 363 g/mol. The molecule has 6 nitrogen and oxygen atoms in total. The van der Waals surface area contributed by atoms with Gasteiger partial charge < -0.3 is 14.5 Å². The van der Waals surface area contributed by atoms with E-state index in [2.05, 4.69) is 9.80 Å². The first kappa shape index (κ1) is 18.2. The van der Waals surface area contributed by atoms with Crippen LogP contribution in [0.1, 0.15) is 44.9 Å². The Morgan fingerprint density at radius 2 is 1.96 bits per heavy atom. The number of likely N-dealkylation sites (tertiary alicyclic amines) is 2. The molecule has 0 aromatic rings. The lowest BCUT2D eigenvalue weighted by Gasteiger charge is -2.54. The second-order valence-electron chi connectivity index (χ2n) is 8.68. The van der Waals surface area contributed by atoms with Gasteiger partial charge in [-0.1, -0.05) is 0 Å². The van der Waals surface area contributed by atoms with Crippen LogP contribution in [0.5, 0.6) is 0 Å². The molecule has 0 spiro atoms. The maximum absolute atomic E-state index is 12.3. The van der Waals surface area contributed by atoms with Gasteiger partial charge in [0.1, 0.15) is 0 Å². The zero-order chi connectivity index (χ0) is 18.1. The number of hydrogen-bond donors (Lipinski definition) is 0. The minimum Gasteiger partial charge on any atom is -0.384 e. The van der Waals surface area contributed by atoms with Crippen LogP contribution in [0.2, 0.25) is 0 Å². The number of piperidine rings is 4. The summed E-state index contributed by atoms with van der Waals surface area (Å²) in [5, 5.41) is 0. The molecule has 3 atom stereocenters. The van der Waals surface area contributed by atoms with Crippen LogP contribution < -0.4 is 0 Å². The van der Waals surface area contributed by atoms with Crippen molar-refractivity contribution in [1.82, 2.24) is 14.7 Å². The van der Waals surface area contributed by atoms with Crippen molar-refractivity contribution in [3.8, 4) is 0 Å². The lowest BCUT2D eigenvalue weighted by atomic mass is 9.75. The van der Waals surface area contributed by atoms with Crippen molar-refractivity contribution in [2.75, 3.05) is 46.4 Å². The van der Waals surface area contributed by atoms with Crippen molar-refractivity contribution in [3.05, 3.63) is 0 Å². The topological polar surface area (TPSA) is 53.1 Å². The first-order chi connectivity index (χ1) is 12.7. The molecule has 4 rings (SSSR count). The van der Waals surface area contributed by atoms with Crippen molar-refractivity contribution in [2.45, 2.75) is 57.0 Å². The van der Waals surface area contributed by atoms with E-state index in [1.54, 1.807) is 7.11 Å². The van der Waals surface area contributed by atoms with E-state index in [0.29, 0.717) is 42.9 Å². The summed E-state index contributed by atoms with van der Waals surface area (Å²) in [7, 11) is 1.65. The highest BCUT2D eigenvalue weighted by atomic mass is 16.5. The molecule has 0 aromatic carbocycles. The van der Waals surface area contributed by atoms with Gasteiger partial charge in [-0.05, 0) is 43.9 Å². The van der Waals surface area contributed by atoms with Crippen LogP contribution in [-0.2, 0) is 14.3 Å². The van der Waals surface area contributed by atoms with Crippen molar-refractivity contribution in [1.29, 1.82) is 0 Å². The van der Waals surface area contributed by atoms with E-state index < -0.39 is 0 Å². The van der Waals surface area contributed by atoms with Gasteiger partial charge in [0.2, 0.25) is 11.8 Å². The summed E-state index contributed by atoms with van der Waals surface area (Å²) in [6.07, 6.45) is 7.01. The third-order valence-corrected chi connectivity index (χ3v) is 7.06. The highest BCUT2D eigenvalue weighted by Gasteiger charge is 2.45. The number of hydrogen-bond acceptors (Lipinski definition) is 4. The Morgan fingerprint density at radius 3 is 2.73 bits per heavy atom. The molecule has 4 aliphatic heterocycles. The van der Waals surface area contributed by atoms with Gasteiger partial charge in [0, 0.05) is 58.3 Å². The summed E-state index contributed by atoms with van der Waals surface area (Å²) in [5.41, 5.74) is 0. The summed E-state index contributed by atoms with van der Waals surface area (Å²) < 4.78 is 5.03. The predicted molar refractivity (Wildman–Crippen MR) is 98.6 cm³/mol. The number of methoxy groups -OCH3 is 1. The Morgan fingerprint density at radius 1 is 1.15 bits per heavy atom. The molecule has 26 heavy (non-hydrogen) atoms. The van der Waals surface area contributed by atoms with E-state index in [4.69, 9.17) is 4.74 Å². The number of fused-ring (bicyclic) bond motifs is 4. The minimum absolute atomic E-state index is 0.233. The van der Waals surface area contributed by atoms with E-state index in [0.717, 1.165) is 58.4 Å². The summed E-state index contributed by atoms with van der Waals surface area (Å²) in [4.78, 5) is 31.4. The zero-order valence-corrected chi connectivity index (χ0v) is 16.1. The lowest BCUT2D eigenvalue weighted by molar-refractivity contribution is -0.146. The molecule has 0 saturated carbocycles. The van der Waals surface area contributed by atoms with Crippen molar-refractivity contribution < 1.29 is 14.3 Å². The molecule has 6 heteroatoms. The van der Waals surface area contributed by atoms with Crippen LogP contribution in [0.15, 0.2) is 0 Å². The van der Waals surface area contributed by atoms with E-state index in [-0.39, 0.29) is 5.91 Å². The zero-order valence-electron chi connectivity index (χ0n) is 16.1. The number of carbonyl (C=O) groups is 2. The van der Waals surface area contributed by atoms with Gasteiger partial charge in [0.25, 0.3) is 0 Å². The van der Waals surface area contributed by atoms with E-state index in [9.17, 15) is 9.59 Å². The van der Waals surface area contributed by atoms with Gasteiger partial charge in [0.15, 0.2) is 0 Å². The van der Waals surface area contributed by atoms with Gasteiger partial charge in [-0.2, -0.15) is 0 Å². The van der Waals surface area contributed by atoms with Gasteiger partial charge in [-0.25, -0.2) is 0 Å². The van der Waals surface area contributed by atoms with Gasteiger partial charge in [-0.15, -0.1) is 0 Å². The van der Waals surface area contributed by atoms with Crippen LogP contribution in [0, 0.1) is 11.8 Å². The van der Waals surface area contributed by atoms with Crippen LogP contribution in [0.25, 0.3) is 0 Å². The fourth-order valence-electron chi connectivity index (χ4n) is 5.77. The average molecular weight is 364 g/mol. The number of rotatable bonds is 4. The normalized spacial score (nSPS) is 33.3. The molecule has 4 saturated heterocycles. The van der Waals surface area contributed by atoms with Gasteiger partial charge in [-0.3, -0.25) is 14.5 Å². The minimum atomic E-state index is 0.233. The molecule has 0 aliphatic carbocycles. The maximum Gasteiger partial charge on any atom is 0.224 e. The smallest absolute Gasteiger partial charge is 0.224 e. The van der Waals surface area contributed by atoms with Crippen LogP contribution >= 0.6 is 0 Å². The molecule has 4 fully saturated rings. The molecule has 0 N–H and O–H groups in total. The van der Waals surface area contributed by atoms with Crippen LogP contribution in [-0.4, -0.2) is 85.0 Å². The summed E-state index contributed by atoms with van der Waals surface area (Å²) in [6.45, 7) is 5.54. The Hall–Kier alpha value is -1.14. The molecule has 2 amide bonds. The van der Waals surface area contributed by atoms with Crippen LogP contribution in [0.3, 0.4) is 0 Å². The molecule has 0 aromatic heterocycles. The molecule has 4 aliphatic rings. The van der Waals surface area contributed by atoms with Crippen LogP contribution in [0.4, 0.5) is 0 Å². The number of amides is 2. The van der Waals surface area contributed by atoms with Gasteiger partial charge >= 0.3 is 0 Å². The third-order valence-electron chi connectivity index (χ3n) is 7.06. The highest BCUT2D eigenvalue weighted by Crippen LogP contribution is 2.39. The standard InChI is InChI=1S/C20H33N3O3/c1-26-10-7-19(24)21-8-5-17(6-9-21)22-12-15-11-16(14-22)18-3-2-4-20(25)23(18)13-15/h15-18H,2-14H2,1H3/t15?,16?,18-/m1/s1. The molecular formula is C20H33N3O3. The van der Waals surface area contributed by atoms with E-state index >= 15 is 0 Å². The SMILES string of the molecule is COCCC(=O)N1CCC(N2CC3CC(C2)[C@H]2CCCC(=O)N2C3)CC1. The lowest BCUT2D eigenvalue weighted by Crippen LogP contribution is -2.62. The summed E-state index contributed by atoms with van der Waals surface area (Å²) >= 11 is 0. The van der Waals surface area contributed by atoms with Crippen molar-refractivity contribution in [2.24, 2.45) is 11.8 Å². The molecule has 0 radical (unpaired) electrons. The first-order valence-corrected chi connectivity index (χ1v) is 10.5. The number of nitrogens with zero attached hydrogens (tertiary/aromatic N) is 3. The molecule has 2 unspecified atom stereocenters. The Balaban J connectivity index is 1.32. The Bertz CT molecular complexity index is 532. The predicted octanol–water partition coefficient (Wildman–Crippen LogP) is 1.35. The Labute approximate surface area is 156 Å². The molecule has 2 bridgehead atoms. The molecular weight excluding hydrogens is 330 g/mol. The fourth-order valence-corrected chi connectivity index (χ4v) is 5.77. The fraction of sp³-hybridized carbons (Fsp3) is 0.900. The first-order valence-electron chi connectivity index (χ1n) is 10.5. The average Bonchev–Trinajstić information content (AvgIpc) is 2.67. The number of carbonyl (C=O) groups excluding carboxylic acids is 2. The molecule has 4 heterocycles. The van der Waals surface area contributed by atoms with E-state index in [1.807, 2.05) is 4.90 Å². The van der Waals surface area contributed by atoms with Gasteiger partial charge in [0.05, 0.1) is 13.0 Å². The van der Waals surface area contributed by atoms with Crippen molar-refractivity contribution in [3.63, 3.8) is 0 Å². The second kappa shape index (κ2) is 7.85. The number of ether oxygens (including phenoxy) is 1. The largest absolute Gasteiger partial charge is 0.384 e. The maximum atomic E-state index is 12.3. The Kier molecular flexibility index (Phi) is 5.50. The molecule has 146 valence electrons. The highest BCUT2D eigenvalue weighted by molar-refractivity contribution is 5.77. The summed E-state index contributed by atoms with van der Waals surface area (Å²) in [5.74, 6) is 1.94. The second-order valence-corrected chi connectivity index (χ2v) is 8.68. The van der Waals surface area contributed by atoms with E-state index in [1.165, 1.54) is 12.8 Å². The summed E-state index contributed by atoms with van der Waals surface area (Å²) in [6, 6.07) is 1.10.